The lowest BCUT2D eigenvalue weighted by atomic mass is 10.0. The largest absolute Gasteiger partial charge is 0.456 e. The van der Waals surface area contributed by atoms with Gasteiger partial charge in [0.1, 0.15) is 39.1 Å². The van der Waals surface area contributed by atoms with Crippen LogP contribution in [0.15, 0.2) is 177 Å². The van der Waals surface area contributed by atoms with E-state index in [4.69, 9.17) is 38.2 Å². The number of nitrogens with zero attached hydrogens (tertiary/aromatic N) is 5. The van der Waals surface area contributed by atoms with Gasteiger partial charge in [-0.15, -0.1) is 0 Å². The number of hydrogen-bond donors (Lipinski definition) is 0. The smallest absolute Gasteiger partial charge is 0.180 e. The Kier molecular flexibility index (Phi) is 6.76. The molecule has 8 nitrogen and oxygen atoms in total. The second-order valence-corrected chi connectivity index (χ2v) is 14.0. The molecule has 5 aromatic heterocycles. The van der Waals surface area contributed by atoms with E-state index in [1.807, 2.05) is 146 Å². The van der Waals surface area contributed by atoms with E-state index in [1.54, 1.807) is 0 Å². The van der Waals surface area contributed by atoms with Crippen LogP contribution in [-0.4, -0.2) is 24.9 Å². The molecule has 0 amide bonds. The molecule has 0 aliphatic carbocycles. The third kappa shape index (κ3) is 4.97. The van der Waals surface area contributed by atoms with Crippen LogP contribution in [0.5, 0.6) is 0 Å². The first-order valence-electron chi connectivity index (χ1n) is 18.7. The second-order valence-electron chi connectivity index (χ2n) is 14.0. The van der Waals surface area contributed by atoms with E-state index in [-0.39, 0.29) is 0 Å². The van der Waals surface area contributed by atoms with Gasteiger partial charge >= 0.3 is 0 Å². The van der Waals surface area contributed by atoms with E-state index in [9.17, 15) is 0 Å². The van der Waals surface area contributed by atoms with Gasteiger partial charge in [-0.25, -0.2) is 24.9 Å². The van der Waals surface area contributed by atoms with Gasteiger partial charge in [-0.1, -0.05) is 121 Å². The van der Waals surface area contributed by atoms with Gasteiger partial charge in [-0.2, -0.15) is 0 Å². The van der Waals surface area contributed by atoms with Crippen molar-refractivity contribution in [1.82, 2.24) is 24.9 Å². The Morgan fingerprint density at radius 1 is 0.316 bits per heavy atom. The molecule has 0 bridgehead atoms. The second kappa shape index (κ2) is 12.3. The molecule has 0 N–H and O–H groups in total. The molecule has 0 aliphatic rings. The molecule has 266 valence electrons. The first-order chi connectivity index (χ1) is 28.2. The van der Waals surface area contributed by atoms with Gasteiger partial charge in [0.15, 0.2) is 28.9 Å². The predicted octanol–water partition coefficient (Wildman–Crippen LogP) is 12.7. The Morgan fingerprint density at radius 3 is 1.74 bits per heavy atom. The lowest BCUT2D eigenvalue weighted by molar-refractivity contribution is 0.667. The summed E-state index contributed by atoms with van der Waals surface area (Å²) in [5.41, 5.74) is 10.1. The van der Waals surface area contributed by atoms with Crippen molar-refractivity contribution in [3.63, 3.8) is 0 Å². The monoisotopic (exact) mass is 733 g/mol. The summed E-state index contributed by atoms with van der Waals surface area (Å²) in [5, 5.41) is 4.83. The highest BCUT2D eigenvalue weighted by Crippen LogP contribution is 2.41. The quantitative estimate of drug-likeness (QED) is 0.172. The lowest BCUT2D eigenvalue weighted by Crippen LogP contribution is -2.00. The van der Waals surface area contributed by atoms with Crippen molar-refractivity contribution < 1.29 is 13.3 Å². The summed E-state index contributed by atoms with van der Waals surface area (Å²) < 4.78 is 19.4. The van der Waals surface area contributed by atoms with Crippen LogP contribution >= 0.6 is 0 Å². The van der Waals surface area contributed by atoms with Gasteiger partial charge in [0.25, 0.3) is 0 Å². The van der Waals surface area contributed by atoms with Crippen LogP contribution < -0.4 is 0 Å². The molecule has 0 saturated heterocycles. The van der Waals surface area contributed by atoms with Gasteiger partial charge in [0.2, 0.25) is 0 Å². The molecule has 0 aliphatic heterocycles. The average Bonchev–Trinajstić information content (AvgIpc) is 3.97. The van der Waals surface area contributed by atoms with Crippen LogP contribution in [0.4, 0.5) is 0 Å². The van der Waals surface area contributed by atoms with Gasteiger partial charge in [0, 0.05) is 49.2 Å². The highest BCUT2D eigenvalue weighted by molar-refractivity contribution is 6.14. The Labute approximate surface area is 323 Å². The first kappa shape index (κ1) is 31.4. The maximum Gasteiger partial charge on any atom is 0.180 e. The topological polar surface area (TPSA) is 104 Å². The summed E-state index contributed by atoms with van der Waals surface area (Å²) in [6, 6.07) is 54.2. The molecular weight excluding hydrogens is 707 g/mol. The average molecular weight is 734 g/mol. The number of furan rings is 3. The number of rotatable bonds is 5. The minimum atomic E-state index is 0.516. The van der Waals surface area contributed by atoms with Crippen molar-refractivity contribution in [2.24, 2.45) is 0 Å². The normalized spacial score (nSPS) is 11.9. The molecule has 12 aromatic rings. The van der Waals surface area contributed by atoms with E-state index in [0.717, 1.165) is 88.3 Å². The number of fused-ring (bicyclic) bond motifs is 9. The van der Waals surface area contributed by atoms with E-state index in [2.05, 4.69) is 18.2 Å². The van der Waals surface area contributed by atoms with Crippen LogP contribution in [0, 0.1) is 0 Å². The number of hydrogen-bond acceptors (Lipinski definition) is 8. The van der Waals surface area contributed by atoms with Crippen molar-refractivity contribution in [2.75, 3.05) is 0 Å². The lowest BCUT2D eigenvalue weighted by Gasteiger charge is -2.09. The first-order valence-corrected chi connectivity index (χ1v) is 18.7. The van der Waals surface area contributed by atoms with E-state index in [1.165, 1.54) is 0 Å². The Morgan fingerprint density at radius 2 is 0.912 bits per heavy atom. The molecule has 0 saturated carbocycles. The molecule has 0 spiro atoms. The third-order valence-corrected chi connectivity index (χ3v) is 10.6. The molecule has 8 heteroatoms. The maximum atomic E-state index is 6.60. The zero-order valence-electron chi connectivity index (χ0n) is 30.0. The molecule has 57 heavy (non-hydrogen) atoms. The summed E-state index contributed by atoms with van der Waals surface area (Å²) in [5.74, 6) is 2.18. The summed E-state index contributed by atoms with van der Waals surface area (Å²) in [7, 11) is 0. The number of benzene rings is 7. The van der Waals surface area contributed by atoms with Crippen molar-refractivity contribution in [1.29, 1.82) is 0 Å². The SMILES string of the molecule is c1ccc(-c2nc(-c3ccc4c(c3)oc3cccc(-c5nc(-c6ccccc6)c6oc7ccccc7c6n5)c34)nc(-c3cccc4c3oc3ccccc34)n2)cc1. The molecule has 0 unspecified atom stereocenters. The van der Waals surface area contributed by atoms with Crippen molar-refractivity contribution in [3.05, 3.63) is 164 Å². The van der Waals surface area contributed by atoms with Crippen LogP contribution in [0.25, 0.3) is 123 Å². The summed E-state index contributed by atoms with van der Waals surface area (Å²) in [6.07, 6.45) is 0. The zero-order valence-corrected chi connectivity index (χ0v) is 30.0. The zero-order chi connectivity index (χ0) is 37.5. The van der Waals surface area contributed by atoms with E-state index < -0.39 is 0 Å². The fraction of sp³-hybridized carbons (Fsp3) is 0. The van der Waals surface area contributed by atoms with Crippen LogP contribution in [0.2, 0.25) is 0 Å². The molecular formula is C49H27N5O3. The fourth-order valence-corrected chi connectivity index (χ4v) is 7.92. The van der Waals surface area contributed by atoms with Gasteiger partial charge in [-0.3, -0.25) is 0 Å². The third-order valence-electron chi connectivity index (χ3n) is 10.6. The minimum Gasteiger partial charge on any atom is -0.456 e. The highest BCUT2D eigenvalue weighted by atomic mass is 16.3. The van der Waals surface area contributed by atoms with Gasteiger partial charge in [0.05, 0.1) is 5.56 Å². The molecule has 0 fully saturated rings. The summed E-state index contributed by atoms with van der Waals surface area (Å²) in [4.78, 5) is 25.4. The molecule has 7 aromatic carbocycles. The highest BCUT2D eigenvalue weighted by Gasteiger charge is 2.22. The standard InChI is InChI=1S/C49H27N5O3/c1-3-13-28(14-4-1)42-45-43(34-18-8-10-23-38(34)57-45)51-48(50-42)35-20-12-24-39-41(35)33-26-25-30(27-40(33)55-39)47-52-46(29-15-5-2-6-16-29)53-49(54-47)36-21-11-19-32-31-17-7-9-22-37(31)56-44(32)36/h1-27H. The number of aromatic nitrogens is 5. The predicted molar refractivity (Wildman–Crippen MR) is 224 cm³/mol. The number of para-hydroxylation sites is 3. The Hall–Kier alpha value is -7.97. The summed E-state index contributed by atoms with van der Waals surface area (Å²) in [6.45, 7) is 0. The van der Waals surface area contributed by atoms with Gasteiger partial charge in [-0.05, 0) is 42.5 Å². The van der Waals surface area contributed by atoms with E-state index in [0.29, 0.717) is 34.5 Å². The Balaban J connectivity index is 1.04. The Bertz CT molecular complexity index is 3530. The van der Waals surface area contributed by atoms with Gasteiger partial charge < -0.3 is 13.3 Å². The van der Waals surface area contributed by atoms with Crippen molar-refractivity contribution in [3.8, 4) is 56.8 Å². The molecule has 12 rings (SSSR count). The maximum absolute atomic E-state index is 6.60. The molecule has 5 heterocycles. The fourth-order valence-electron chi connectivity index (χ4n) is 7.92. The van der Waals surface area contributed by atoms with Crippen LogP contribution in [-0.2, 0) is 0 Å². The van der Waals surface area contributed by atoms with Crippen molar-refractivity contribution >= 4 is 65.9 Å². The van der Waals surface area contributed by atoms with Crippen LogP contribution in [0.1, 0.15) is 0 Å². The van der Waals surface area contributed by atoms with Crippen LogP contribution in [0.3, 0.4) is 0 Å². The van der Waals surface area contributed by atoms with Crippen molar-refractivity contribution in [2.45, 2.75) is 0 Å². The molecule has 0 atom stereocenters. The minimum absolute atomic E-state index is 0.516. The van der Waals surface area contributed by atoms with E-state index >= 15 is 0 Å². The molecule has 0 radical (unpaired) electrons. The summed E-state index contributed by atoms with van der Waals surface area (Å²) >= 11 is 0.